The van der Waals surface area contributed by atoms with Crippen molar-refractivity contribution in [3.05, 3.63) is 46.8 Å². The molecule has 1 fully saturated rings. The van der Waals surface area contributed by atoms with Crippen LogP contribution in [0.1, 0.15) is 12.8 Å². The Morgan fingerprint density at radius 3 is 2.68 bits per heavy atom. The molecule has 0 N–H and O–H groups in total. The highest BCUT2D eigenvalue weighted by Gasteiger charge is 2.33. The molecule has 0 atom stereocenters. The molecule has 9 heteroatoms. The lowest BCUT2D eigenvalue weighted by molar-refractivity contribution is -0.135. The van der Waals surface area contributed by atoms with E-state index in [2.05, 4.69) is 0 Å². The van der Waals surface area contributed by atoms with Crippen molar-refractivity contribution in [1.82, 2.24) is 9.21 Å². The number of hydrogen-bond acceptors (Lipinski definition) is 5. The Kier molecular flexibility index (Phi) is 6.98. The van der Waals surface area contributed by atoms with Crippen molar-refractivity contribution in [3.8, 4) is 5.75 Å². The second kappa shape index (κ2) is 9.26. The lowest BCUT2D eigenvalue weighted by Gasteiger charge is -2.32. The molecule has 28 heavy (non-hydrogen) atoms. The van der Waals surface area contributed by atoms with Crippen molar-refractivity contribution >= 4 is 38.9 Å². The lowest BCUT2D eigenvalue weighted by Crippen LogP contribution is -2.44. The number of likely N-dealkylation sites (N-methyl/N-ethyl adjacent to an activating group) is 1. The summed E-state index contributed by atoms with van der Waals surface area (Å²) in [5.41, 5.74) is 0. The van der Waals surface area contributed by atoms with E-state index in [1.807, 2.05) is 12.1 Å². The predicted octanol–water partition coefficient (Wildman–Crippen LogP) is 3.34. The minimum Gasteiger partial charge on any atom is -0.492 e. The van der Waals surface area contributed by atoms with E-state index in [0.29, 0.717) is 54.1 Å². The van der Waals surface area contributed by atoms with Crippen LogP contribution in [0.15, 0.2) is 46.0 Å². The van der Waals surface area contributed by atoms with Crippen LogP contribution in [0.2, 0.25) is 5.02 Å². The fraction of sp³-hybridized carbons (Fsp3) is 0.421. The minimum absolute atomic E-state index is 0.0304. The fourth-order valence-corrected chi connectivity index (χ4v) is 5.95. The van der Waals surface area contributed by atoms with E-state index >= 15 is 0 Å². The van der Waals surface area contributed by atoms with Crippen LogP contribution >= 0.6 is 22.9 Å². The summed E-state index contributed by atoms with van der Waals surface area (Å²) >= 11 is 7.14. The van der Waals surface area contributed by atoms with Crippen LogP contribution in [-0.4, -0.2) is 56.8 Å². The third kappa shape index (κ3) is 5.05. The molecule has 0 bridgehead atoms. The number of carbonyl (C=O) groups excluding carboxylic acids is 1. The third-order valence-electron chi connectivity index (χ3n) is 4.76. The van der Waals surface area contributed by atoms with Gasteiger partial charge in [-0.25, -0.2) is 8.42 Å². The van der Waals surface area contributed by atoms with Crippen LogP contribution in [0.5, 0.6) is 5.75 Å². The first-order valence-electron chi connectivity index (χ1n) is 9.05. The van der Waals surface area contributed by atoms with Crippen molar-refractivity contribution < 1.29 is 17.9 Å². The summed E-state index contributed by atoms with van der Waals surface area (Å²) in [5, 5.41) is 2.36. The Balaban J connectivity index is 1.46. The van der Waals surface area contributed by atoms with Gasteiger partial charge in [0.1, 0.15) is 16.6 Å². The van der Waals surface area contributed by atoms with Gasteiger partial charge >= 0.3 is 0 Å². The maximum Gasteiger partial charge on any atom is 0.252 e. The summed E-state index contributed by atoms with van der Waals surface area (Å²) in [4.78, 5) is 14.3. The topological polar surface area (TPSA) is 66.9 Å². The molecule has 1 aromatic carbocycles. The molecule has 1 aliphatic heterocycles. The Labute approximate surface area is 174 Å². The number of piperidine rings is 1. The monoisotopic (exact) mass is 442 g/mol. The molecule has 3 rings (SSSR count). The van der Waals surface area contributed by atoms with Gasteiger partial charge in [-0.15, -0.1) is 11.3 Å². The Morgan fingerprint density at radius 1 is 1.29 bits per heavy atom. The summed E-state index contributed by atoms with van der Waals surface area (Å²) in [5.74, 6) is 0.536. The van der Waals surface area contributed by atoms with E-state index in [-0.39, 0.29) is 11.8 Å². The molecule has 0 spiro atoms. The average Bonchev–Trinajstić information content (AvgIpc) is 3.23. The third-order valence-corrected chi connectivity index (χ3v) is 8.27. The van der Waals surface area contributed by atoms with Gasteiger partial charge in [0.05, 0.1) is 6.54 Å². The van der Waals surface area contributed by atoms with Gasteiger partial charge in [-0.1, -0.05) is 23.7 Å². The van der Waals surface area contributed by atoms with E-state index < -0.39 is 10.0 Å². The number of ether oxygens (including phenoxy) is 1. The fourth-order valence-electron chi connectivity index (χ4n) is 3.16. The minimum atomic E-state index is -3.44. The summed E-state index contributed by atoms with van der Waals surface area (Å²) < 4.78 is 32.6. The Hall–Kier alpha value is -1.61. The molecule has 2 heterocycles. The van der Waals surface area contributed by atoms with Gasteiger partial charge < -0.3 is 9.64 Å². The van der Waals surface area contributed by atoms with E-state index in [0.717, 1.165) is 0 Å². The van der Waals surface area contributed by atoms with Gasteiger partial charge in [0.2, 0.25) is 5.91 Å². The van der Waals surface area contributed by atoms with Crippen LogP contribution in [0.25, 0.3) is 0 Å². The highest BCUT2D eigenvalue weighted by Crippen LogP contribution is 2.27. The van der Waals surface area contributed by atoms with Crippen LogP contribution in [0.4, 0.5) is 0 Å². The Morgan fingerprint density at radius 2 is 2.04 bits per heavy atom. The predicted molar refractivity (Wildman–Crippen MR) is 110 cm³/mol. The SMILES string of the molecule is CN(CCOc1cccc(Cl)c1)C(=O)C1CCN(S(=O)(=O)c2cccs2)CC1. The summed E-state index contributed by atoms with van der Waals surface area (Å²) in [6, 6.07) is 10.5. The van der Waals surface area contributed by atoms with Gasteiger partial charge in [-0.05, 0) is 42.5 Å². The number of amides is 1. The highest BCUT2D eigenvalue weighted by molar-refractivity contribution is 7.91. The number of halogens is 1. The second-order valence-corrected chi connectivity index (χ2v) is 10.2. The molecule has 1 amide bonds. The summed E-state index contributed by atoms with van der Waals surface area (Å²) in [6.07, 6.45) is 1.06. The van der Waals surface area contributed by atoms with Gasteiger partial charge in [0.15, 0.2) is 0 Å². The second-order valence-electron chi connectivity index (χ2n) is 6.68. The van der Waals surface area contributed by atoms with Gasteiger partial charge in [0.25, 0.3) is 10.0 Å². The number of thiophene rings is 1. The van der Waals surface area contributed by atoms with Crippen molar-refractivity contribution in [2.24, 2.45) is 5.92 Å². The number of sulfonamides is 1. The Bertz CT molecular complexity index is 894. The van der Waals surface area contributed by atoms with E-state index in [1.165, 1.54) is 15.6 Å². The molecule has 2 aromatic rings. The maximum atomic E-state index is 12.7. The number of nitrogens with zero attached hydrogens (tertiary/aromatic N) is 2. The molecule has 0 radical (unpaired) electrons. The van der Waals surface area contributed by atoms with Crippen LogP contribution in [0, 0.1) is 5.92 Å². The zero-order valence-electron chi connectivity index (χ0n) is 15.6. The quantitative estimate of drug-likeness (QED) is 0.659. The number of hydrogen-bond donors (Lipinski definition) is 0. The lowest BCUT2D eigenvalue weighted by atomic mass is 9.97. The molecular formula is C19H23ClN2O4S2. The summed E-state index contributed by atoms with van der Waals surface area (Å²) in [6.45, 7) is 1.56. The van der Waals surface area contributed by atoms with Crippen molar-refractivity contribution in [2.45, 2.75) is 17.1 Å². The zero-order valence-corrected chi connectivity index (χ0v) is 18.0. The maximum absolute atomic E-state index is 12.7. The molecule has 6 nitrogen and oxygen atoms in total. The molecule has 1 aromatic heterocycles. The molecule has 0 aliphatic carbocycles. The average molecular weight is 443 g/mol. The number of carbonyl (C=O) groups is 1. The van der Waals surface area contributed by atoms with Crippen LogP contribution < -0.4 is 4.74 Å². The van der Waals surface area contributed by atoms with Gasteiger partial charge in [-0.2, -0.15) is 4.31 Å². The van der Waals surface area contributed by atoms with E-state index in [9.17, 15) is 13.2 Å². The standard InChI is InChI=1S/C19H23ClN2O4S2/c1-21(11-12-26-17-5-2-4-16(20)14-17)19(23)15-7-9-22(10-8-15)28(24,25)18-6-3-13-27-18/h2-6,13-15H,7-12H2,1H3. The van der Waals surface area contributed by atoms with Crippen LogP contribution in [-0.2, 0) is 14.8 Å². The molecule has 152 valence electrons. The molecule has 1 saturated heterocycles. The van der Waals surface area contributed by atoms with Gasteiger partial charge in [0, 0.05) is 31.1 Å². The highest BCUT2D eigenvalue weighted by atomic mass is 35.5. The van der Waals surface area contributed by atoms with Gasteiger partial charge in [-0.3, -0.25) is 4.79 Å². The van der Waals surface area contributed by atoms with E-state index in [4.69, 9.17) is 16.3 Å². The van der Waals surface area contributed by atoms with Crippen molar-refractivity contribution in [3.63, 3.8) is 0 Å². The number of rotatable bonds is 7. The molecule has 0 saturated carbocycles. The molecule has 0 unspecified atom stereocenters. The van der Waals surface area contributed by atoms with E-state index in [1.54, 1.807) is 41.6 Å². The normalized spacial score (nSPS) is 16.1. The zero-order chi connectivity index (χ0) is 20.1. The smallest absolute Gasteiger partial charge is 0.252 e. The molecule has 1 aliphatic rings. The molecular weight excluding hydrogens is 420 g/mol. The van der Waals surface area contributed by atoms with Crippen molar-refractivity contribution in [1.29, 1.82) is 0 Å². The first-order chi connectivity index (χ1) is 13.4. The van der Waals surface area contributed by atoms with Crippen LogP contribution in [0.3, 0.4) is 0 Å². The largest absolute Gasteiger partial charge is 0.492 e. The first kappa shape index (κ1) is 21.1. The number of benzene rings is 1. The first-order valence-corrected chi connectivity index (χ1v) is 11.7. The summed E-state index contributed by atoms with van der Waals surface area (Å²) in [7, 11) is -1.69. The van der Waals surface area contributed by atoms with Crippen molar-refractivity contribution in [2.75, 3.05) is 33.3 Å².